The summed E-state index contributed by atoms with van der Waals surface area (Å²) in [5.41, 5.74) is 0.982. The van der Waals surface area contributed by atoms with Crippen LogP contribution in [0.5, 0.6) is 5.75 Å². The second-order valence-corrected chi connectivity index (χ2v) is 9.83. The molecule has 3 heterocycles. The molecule has 0 spiro atoms. The van der Waals surface area contributed by atoms with Gasteiger partial charge in [-0.25, -0.2) is 9.78 Å². The van der Waals surface area contributed by atoms with E-state index in [9.17, 15) is 19.7 Å². The van der Waals surface area contributed by atoms with Crippen LogP contribution in [0.4, 0.5) is 10.5 Å². The summed E-state index contributed by atoms with van der Waals surface area (Å²) in [7, 11) is 0. The van der Waals surface area contributed by atoms with Crippen LogP contribution < -0.4 is 10.1 Å². The lowest BCUT2D eigenvalue weighted by atomic mass is 9.98. The number of nitrogens with zero attached hydrogens (tertiary/aromatic N) is 5. The van der Waals surface area contributed by atoms with E-state index in [2.05, 4.69) is 15.3 Å². The molecule has 2 atom stereocenters. The molecule has 0 aliphatic carbocycles. The average molecular weight is 552 g/mol. The molecule has 13 heteroatoms. The standard InChI is InChI=1S/C26H26ClN7O5/c1-15(2)39-20-13-18(34(37)38)7-8-19(20)25-31-22(24-29-9-10-30-24)23(16-3-5-17(27)6-4-16)33(25)26(36)32-12-11-28-21(35)14-32/h3-10,13,15,22-23H,11-12,14H2,1-2H3,(H,28,35)(H,29,30)/t22-,23-/m1/s1. The van der Waals surface area contributed by atoms with Crippen molar-refractivity contribution in [2.75, 3.05) is 19.6 Å². The fraction of sp³-hybridized carbons (Fsp3) is 0.308. The largest absolute Gasteiger partial charge is 0.490 e. The molecule has 3 amide bonds. The smallest absolute Gasteiger partial charge is 0.326 e. The fourth-order valence-corrected chi connectivity index (χ4v) is 4.83. The Labute approximate surface area is 228 Å². The van der Waals surface area contributed by atoms with Gasteiger partial charge >= 0.3 is 6.03 Å². The van der Waals surface area contributed by atoms with Gasteiger partial charge < -0.3 is 19.9 Å². The van der Waals surface area contributed by atoms with Gasteiger partial charge in [-0.2, -0.15) is 0 Å². The monoisotopic (exact) mass is 551 g/mol. The van der Waals surface area contributed by atoms with E-state index in [0.717, 1.165) is 5.56 Å². The zero-order valence-corrected chi connectivity index (χ0v) is 22.0. The van der Waals surface area contributed by atoms with Gasteiger partial charge in [-0.05, 0) is 37.6 Å². The van der Waals surface area contributed by atoms with E-state index in [1.54, 1.807) is 38.4 Å². The quantitative estimate of drug-likeness (QED) is 0.351. The number of piperazine rings is 1. The number of aliphatic imine (C=N–C) groups is 1. The van der Waals surface area contributed by atoms with E-state index in [1.165, 1.54) is 28.0 Å². The molecule has 202 valence electrons. The number of H-pyrrole nitrogens is 1. The highest BCUT2D eigenvalue weighted by atomic mass is 35.5. The Morgan fingerprint density at radius 2 is 2.00 bits per heavy atom. The second-order valence-electron chi connectivity index (χ2n) is 9.40. The van der Waals surface area contributed by atoms with Crippen molar-refractivity contribution >= 4 is 35.1 Å². The summed E-state index contributed by atoms with van der Waals surface area (Å²) in [4.78, 5) is 52.9. The molecule has 1 saturated heterocycles. The van der Waals surface area contributed by atoms with Crippen LogP contribution in [0.25, 0.3) is 0 Å². The Morgan fingerprint density at radius 3 is 2.64 bits per heavy atom. The number of nitrogens with one attached hydrogen (secondary N) is 2. The number of imidazole rings is 1. The number of aromatic amines is 1. The molecule has 2 N–H and O–H groups in total. The van der Waals surface area contributed by atoms with Crippen molar-refractivity contribution in [1.29, 1.82) is 0 Å². The van der Waals surface area contributed by atoms with Crippen molar-refractivity contribution < 1.29 is 19.2 Å². The highest BCUT2D eigenvalue weighted by molar-refractivity contribution is 6.30. The van der Waals surface area contributed by atoms with E-state index in [4.69, 9.17) is 21.3 Å². The number of amides is 3. The molecule has 3 aromatic rings. The van der Waals surface area contributed by atoms with Crippen LogP contribution in [-0.4, -0.2) is 68.2 Å². The maximum atomic E-state index is 14.2. The summed E-state index contributed by atoms with van der Waals surface area (Å²) in [6, 6.07) is 9.52. The number of amidine groups is 1. The number of hydrogen-bond acceptors (Lipinski definition) is 7. The minimum absolute atomic E-state index is 0.114. The highest BCUT2D eigenvalue weighted by Gasteiger charge is 2.46. The third kappa shape index (κ3) is 5.28. The molecule has 2 aromatic carbocycles. The van der Waals surface area contributed by atoms with Gasteiger partial charge in [0.2, 0.25) is 5.91 Å². The number of ether oxygens (including phenoxy) is 1. The first kappa shape index (κ1) is 26.2. The first-order chi connectivity index (χ1) is 18.7. The molecule has 12 nitrogen and oxygen atoms in total. The SMILES string of the molecule is CC(C)Oc1cc([N+](=O)[O-])ccc1C1=N[C@@H](c2ncc[nH]2)[C@@H](c2ccc(Cl)cc2)N1C(=O)N1CCNC(=O)C1. The molecule has 0 unspecified atom stereocenters. The van der Waals surface area contributed by atoms with Gasteiger partial charge in [0.25, 0.3) is 5.69 Å². The summed E-state index contributed by atoms with van der Waals surface area (Å²) in [5, 5.41) is 14.8. The van der Waals surface area contributed by atoms with Crippen LogP contribution in [0.3, 0.4) is 0 Å². The normalized spacial score (nSPS) is 19.2. The van der Waals surface area contributed by atoms with E-state index in [0.29, 0.717) is 29.5 Å². The van der Waals surface area contributed by atoms with Crippen LogP contribution in [0.1, 0.15) is 42.9 Å². The lowest BCUT2D eigenvalue weighted by Gasteiger charge is -2.35. The topological polar surface area (TPSA) is 146 Å². The first-order valence-electron chi connectivity index (χ1n) is 12.4. The lowest BCUT2D eigenvalue weighted by molar-refractivity contribution is -0.384. The van der Waals surface area contributed by atoms with Crippen molar-refractivity contribution in [3.63, 3.8) is 0 Å². The zero-order valence-electron chi connectivity index (χ0n) is 21.2. The van der Waals surface area contributed by atoms with Crippen LogP contribution >= 0.6 is 11.6 Å². The van der Waals surface area contributed by atoms with E-state index >= 15 is 0 Å². The van der Waals surface area contributed by atoms with Gasteiger partial charge in [-0.1, -0.05) is 23.7 Å². The van der Waals surface area contributed by atoms with Crippen molar-refractivity contribution in [3.8, 4) is 5.75 Å². The van der Waals surface area contributed by atoms with E-state index in [-0.39, 0.29) is 35.8 Å². The van der Waals surface area contributed by atoms with Gasteiger partial charge in [-0.3, -0.25) is 24.8 Å². The lowest BCUT2D eigenvalue weighted by Crippen LogP contribution is -2.55. The number of urea groups is 1. The first-order valence-corrected chi connectivity index (χ1v) is 12.7. The molecule has 5 rings (SSSR count). The number of nitro benzene ring substituents is 1. The minimum atomic E-state index is -0.664. The van der Waals surface area contributed by atoms with Crippen LogP contribution in [0.15, 0.2) is 59.9 Å². The summed E-state index contributed by atoms with van der Waals surface area (Å²) in [6.45, 7) is 4.12. The summed E-state index contributed by atoms with van der Waals surface area (Å²) in [6.07, 6.45) is 2.96. The van der Waals surface area contributed by atoms with Gasteiger partial charge in [0.1, 0.15) is 30.0 Å². The third-order valence-electron chi connectivity index (χ3n) is 6.37. The molecule has 0 saturated carbocycles. The molecule has 1 aromatic heterocycles. The Hall–Kier alpha value is -4.45. The number of aromatic nitrogens is 2. The van der Waals surface area contributed by atoms with E-state index < -0.39 is 23.0 Å². The molecular weight excluding hydrogens is 526 g/mol. The van der Waals surface area contributed by atoms with Crippen LogP contribution in [0, 0.1) is 10.1 Å². The minimum Gasteiger partial charge on any atom is -0.490 e. The number of carbonyl (C=O) groups excluding carboxylic acids is 2. The number of benzene rings is 2. The van der Waals surface area contributed by atoms with Crippen LogP contribution in [-0.2, 0) is 4.79 Å². The number of hydrogen-bond donors (Lipinski definition) is 2. The molecule has 2 aliphatic rings. The summed E-state index contributed by atoms with van der Waals surface area (Å²) < 4.78 is 5.98. The number of carbonyl (C=O) groups is 2. The van der Waals surface area contributed by atoms with E-state index in [1.807, 2.05) is 12.1 Å². The highest BCUT2D eigenvalue weighted by Crippen LogP contribution is 2.44. The molecule has 1 fully saturated rings. The Balaban J connectivity index is 1.70. The fourth-order valence-electron chi connectivity index (χ4n) is 4.70. The van der Waals surface area contributed by atoms with Gasteiger partial charge in [0, 0.05) is 36.6 Å². The van der Waals surface area contributed by atoms with Gasteiger partial charge in [0.15, 0.2) is 0 Å². The van der Waals surface area contributed by atoms with Crippen molar-refractivity contribution in [2.45, 2.75) is 32.0 Å². The number of rotatable bonds is 6. The average Bonchev–Trinajstić information content (AvgIpc) is 3.57. The Morgan fingerprint density at radius 1 is 1.23 bits per heavy atom. The van der Waals surface area contributed by atoms with Gasteiger partial charge in [0.05, 0.1) is 28.7 Å². The molecule has 0 bridgehead atoms. The van der Waals surface area contributed by atoms with Crippen molar-refractivity contribution in [3.05, 3.63) is 86.9 Å². The maximum absolute atomic E-state index is 14.2. The zero-order chi connectivity index (χ0) is 27.7. The Bertz CT molecular complexity index is 1420. The molecule has 39 heavy (non-hydrogen) atoms. The Kier molecular flexibility index (Phi) is 7.20. The maximum Gasteiger partial charge on any atom is 0.326 e. The van der Waals surface area contributed by atoms with Gasteiger partial charge in [-0.15, -0.1) is 0 Å². The number of halogens is 1. The molecule has 0 radical (unpaired) electrons. The molecule has 2 aliphatic heterocycles. The predicted octanol–water partition coefficient (Wildman–Crippen LogP) is 3.86. The molecular formula is C26H26ClN7O5. The third-order valence-corrected chi connectivity index (χ3v) is 6.62. The number of non-ortho nitro benzene ring substituents is 1. The summed E-state index contributed by atoms with van der Waals surface area (Å²) >= 11 is 6.17. The second kappa shape index (κ2) is 10.7. The van der Waals surface area contributed by atoms with Crippen LogP contribution in [0.2, 0.25) is 5.02 Å². The van der Waals surface area contributed by atoms with Crippen molar-refractivity contribution in [2.24, 2.45) is 4.99 Å². The number of nitro groups is 1. The van der Waals surface area contributed by atoms with Crippen molar-refractivity contribution in [1.82, 2.24) is 25.1 Å². The summed E-state index contributed by atoms with van der Waals surface area (Å²) in [5.74, 6) is 0.712. The predicted molar refractivity (Wildman–Crippen MR) is 143 cm³/mol.